The molecule has 0 amide bonds. The summed E-state index contributed by atoms with van der Waals surface area (Å²) in [6.45, 7) is 10.4. The van der Waals surface area contributed by atoms with Gasteiger partial charge in [0.15, 0.2) is 8.32 Å². The average molecular weight is 447 g/mol. The molecule has 7 heteroatoms. The molecule has 0 aromatic heterocycles. The maximum Gasteiger partial charge on any atom is 0.311 e. The Hall–Kier alpha value is -1.07. The van der Waals surface area contributed by atoms with E-state index in [0.29, 0.717) is 13.1 Å². The molecule has 0 aliphatic rings. The van der Waals surface area contributed by atoms with Crippen LogP contribution in [0.5, 0.6) is 0 Å². The Kier molecular flexibility index (Phi) is 9.02. The fraction of sp³-hybridized carbons (Fsp3) is 0.455. The van der Waals surface area contributed by atoms with Crippen molar-refractivity contribution < 1.29 is 8.23 Å². The first-order valence-electron chi connectivity index (χ1n) is 10.7. The standard InChI is InChI=1S/C22H38N2O2Si3/c1-27(2,19-11-17-23)25-28(3,4)26-29(20-12-18-24,21-13-7-5-8-14-21)22-15-9-6-10-16-22/h5-10,13-16H,11-12,17-20,23-24H2,1-4H3. The number of hydrogen-bond acceptors (Lipinski definition) is 4. The monoisotopic (exact) mass is 446 g/mol. The molecular formula is C22H38N2O2Si3. The van der Waals surface area contributed by atoms with Crippen LogP contribution in [0.2, 0.25) is 38.3 Å². The molecule has 0 aliphatic carbocycles. The van der Waals surface area contributed by atoms with E-state index < -0.39 is 25.2 Å². The predicted molar refractivity (Wildman–Crippen MR) is 132 cm³/mol. The molecule has 0 saturated heterocycles. The van der Waals surface area contributed by atoms with Gasteiger partial charge >= 0.3 is 8.56 Å². The molecule has 4 nitrogen and oxygen atoms in total. The van der Waals surface area contributed by atoms with Gasteiger partial charge in [-0.2, -0.15) is 0 Å². The van der Waals surface area contributed by atoms with Crippen LogP contribution in [0.25, 0.3) is 0 Å². The van der Waals surface area contributed by atoms with Crippen LogP contribution in [0.4, 0.5) is 0 Å². The van der Waals surface area contributed by atoms with Gasteiger partial charge in [0.25, 0.3) is 0 Å². The minimum atomic E-state index is -2.48. The Morgan fingerprint density at radius 1 is 0.655 bits per heavy atom. The van der Waals surface area contributed by atoms with Crippen LogP contribution in [-0.4, -0.2) is 38.3 Å². The lowest BCUT2D eigenvalue weighted by Crippen LogP contribution is -2.66. The van der Waals surface area contributed by atoms with E-state index in [1.165, 1.54) is 10.4 Å². The van der Waals surface area contributed by atoms with Crippen LogP contribution in [0.1, 0.15) is 12.8 Å². The number of rotatable bonds is 12. The van der Waals surface area contributed by atoms with Gasteiger partial charge in [0.05, 0.1) is 0 Å². The van der Waals surface area contributed by atoms with Gasteiger partial charge in [-0.25, -0.2) is 0 Å². The van der Waals surface area contributed by atoms with Crippen molar-refractivity contribution in [2.75, 3.05) is 13.1 Å². The lowest BCUT2D eigenvalue weighted by atomic mass is 10.4. The minimum absolute atomic E-state index is 0.664. The molecule has 0 radical (unpaired) electrons. The molecule has 2 aromatic rings. The van der Waals surface area contributed by atoms with Crippen LogP contribution in [0, 0.1) is 0 Å². The van der Waals surface area contributed by atoms with Gasteiger partial charge < -0.3 is 19.7 Å². The van der Waals surface area contributed by atoms with Crippen molar-refractivity contribution in [1.29, 1.82) is 0 Å². The van der Waals surface area contributed by atoms with E-state index in [9.17, 15) is 0 Å². The van der Waals surface area contributed by atoms with E-state index in [0.717, 1.165) is 24.9 Å². The fourth-order valence-electron chi connectivity index (χ4n) is 4.07. The van der Waals surface area contributed by atoms with E-state index in [2.05, 4.69) is 86.9 Å². The molecule has 2 rings (SSSR count). The number of benzene rings is 2. The van der Waals surface area contributed by atoms with Gasteiger partial charge in [-0.3, -0.25) is 0 Å². The Balaban J connectivity index is 2.46. The van der Waals surface area contributed by atoms with Gasteiger partial charge in [-0.05, 0) is 74.6 Å². The van der Waals surface area contributed by atoms with Crippen molar-refractivity contribution in [1.82, 2.24) is 0 Å². The molecule has 2 aromatic carbocycles. The summed E-state index contributed by atoms with van der Waals surface area (Å²) in [5.41, 5.74) is 11.7. The van der Waals surface area contributed by atoms with E-state index in [1.807, 2.05) is 0 Å². The van der Waals surface area contributed by atoms with Crippen LogP contribution in [-0.2, 0) is 8.23 Å². The first-order chi connectivity index (χ1) is 13.7. The third kappa shape index (κ3) is 6.99. The van der Waals surface area contributed by atoms with E-state index in [1.54, 1.807) is 0 Å². The highest BCUT2D eigenvalue weighted by Gasteiger charge is 2.46. The van der Waals surface area contributed by atoms with Gasteiger partial charge in [0.2, 0.25) is 8.32 Å². The molecule has 0 fully saturated rings. The third-order valence-corrected chi connectivity index (χ3v) is 17.8. The van der Waals surface area contributed by atoms with Crippen LogP contribution in [0.15, 0.2) is 60.7 Å². The second-order valence-electron chi connectivity index (χ2n) is 8.71. The quantitative estimate of drug-likeness (QED) is 0.490. The van der Waals surface area contributed by atoms with Crippen molar-refractivity contribution in [2.24, 2.45) is 11.5 Å². The molecular weight excluding hydrogens is 409 g/mol. The van der Waals surface area contributed by atoms with Gasteiger partial charge in [-0.15, -0.1) is 0 Å². The van der Waals surface area contributed by atoms with Gasteiger partial charge in [-0.1, -0.05) is 60.7 Å². The maximum absolute atomic E-state index is 7.22. The zero-order chi connectivity index (χ0) is 21.4. The third-order valence-electron chi connectivity index (χ3n) is 5.14. The normalized spacial score (nSPS) is 12.9. The smallest absolute Gasteiger partial charge is 0.311 e. The molecule has 160 valence electrons. The summed E-state index contributed by atoms with van der Waals surface area (Å²) in [5.74, 6) is 0. The Labute approximate surface area is 180 Å². The molecule has 0 atom stereocenters. The number of hydrogen-bond donors (Lipinski definition) is 2. The van der Waals surface area contributed by atoms with Crippen molar-refractivity contribution in [3.8, 4) is 0 Å². The van der Waals surface area contributed by atoms with Crippen molar-refractivity contribution in [3.63, 3.8) is 0 Å². The van der Waals surface area contributed by atoms with Crippen molar-refractivity contribution in [2.45, 2.75) is 51.1 Å². The van der Waals surface area contributed by atoms with E-state index in [4.69, 9.17) is 19.7 Å². The molecule has 4 N–H and O–H groups in total. The zero-order valence-corrected chi connectivity index (χ0v) is 21.5. The Morgan fingerprint density at radius 3 is 1.55 bits per heavy atom. The summed E-state index contributed by atoms with van der Waals surface area (Å²) in [7, 11) is -6.72. The molecule has 0 bridgehead atoms. The molecule has 0 saturated carbocycles. The molecule has 0 aliphatic heterocycles. The summed E-state index contributed by atoms with van der Waals surface area (Å²) in [4.78, 5) is 0. The highest BCUT2D eigenvalue weighted by molar-refractivity contribution is 7.02. The number of nitrogens with two attached hydrogens (primary N) is 2. The van der Waals surface area contributed by atoms with Gasteiger partial charge in [0.1, 0.15) is 0 Å². The molecule has 0 spiro atoms. The van der Waals surface area contributed by atoms with Crippen molar-refractivity contribution >= 4 is 35.6 Å². The Morgan fingerprint density at radius 2 is 1.10 bits per heavy atom. The Bertz CT molecular complexity index is 688. The molecule has 29 heavy (non-hydrogen) atoms. The van der Waals surface area contributed by atoms with E-state index in [-0.39, 0.29) is 0 Å². The first-order valence-corrected chi connectivity index (χ1v) is 18.7. The van der Waals surface area contributed by atoms with E-state index >= 15 is 0 Å². The second-order valence-corrected chi connectivity index (χ2v) is 20.5. The minimum Gasteiger partial charge on any atom is -0.436 e. The molecule has 0 heterocycles. The SMILES string of the molecule is C[Si](C)(CCCN)O[Si](C)(C)O[Si](CCCN)(c1ccccc1)c1ccccc1. The fourth-order valence-corrected chi connectivity index (χ4v) is 19.2. The van der Waals surface area contributed by atoms with Crippen LogP contribution in [0.3, 0.4) is 0 Å². The zero-order valence-electron chi connectivity index (χ0n) is 18.5. The van der Waals surface area contributed by atoms with Gasteiger partial charge in [0, 0.05) is 0 Å². The average Bonchev–Trinajstić information content (AvgIpc) is 2.70. The topological polar surface area (TPSA) is 70.5 Å². The lowest BCUT2D eigenvalue weighted by molar-refractivity contribution is 0.392. The largest absolute Gasteiger partial charge is 0.436 e. The predicted octanol–water partition coefficient (Wildman–Crippen LogP) is 3.38. The first kappa shape index (κ1) is 24.2. The summed E-state index contributed by atoms with van der Waals surface area (Å²) in [6, 6.07) is 23.5. The summed E-state index contributed by atoms with van der Waals surface area (Å²) >= 11 is 0. The van der Waals surface area contributed by atoms with Crippen LogP contribution < -0.4 is 21.8 Å². The van der Waals surface area contributed by atoms with Crippen molar-refractivity contribution in [3.05, 3.63) is 60.7 Å². The summed E-state index contributed by atoms with van der Waals surface area (Å²) < 4.78 is 14.0. The highest BCUT2D eigenvalue weighted by atomic mass is 28.5. The lowest BCUT2D eigenvalue weighted by Gasteiger charge is -2.42. The summed E-state index contributed by atoms with van der Waals surface area (Å²) in [5, 5.41) is 2.59. The highest BCUT2D eigenvalue weighted by Crippen LogP contribution is 2.26. The van der Waals surface area contributed by atoms with Crippen LogP contribution >= 0.6 is 0 Å². The summed E-state index contributed by atoms with van der Waals surface area (Å²) in [6.07, 6.45) is 1.95. The molecule has 0 unspecified atom stereocenters. The maximum atomic E-state index is 7.22. The second kappa shape index (κ2) is 10.8.